The van der Waals surface area contributed by atoms with Gasteiger partial charge in [0.25, 0.3) is 0 Å². The zero-order valence-corrected chi connectivity index (χ0v) is 13.0. The van der Waals surface area contributed by atoms with Crippen LogP contribution in [0.3, 0.4) is 0 Å². The summed E-state index contributed by atoms with van der Waals surface area (Å²) in [5.41, 5.74) is 1.25. The molecule has 1 aromatic carbocycles. The first-order valence-electron chi connectivity index (χ1n) is 7.33. The lowest BCUT2D eigenvalue weighted by Crippen LogP contribution is -2.34. The SMILES string of the molecule is CCCNC(c1ccc(Cl)cc1)C(CCC)OCC. The number of ether oxygens (including phenoxy) is 1. The minimum atomic E-state index is 0.225. The Morgan fingerprint density at radius 3 is 2.32 bits per heavy atom. The van der Waals surface area contributed by atoms with E-state index in [1.165, 1.54) is 5.56 Å². The topological polar surface area (TPSA) is 21.3 Å². The molecule has 0 bridgehead atoms. The summed E-state index contributed by atoms with van der Waals surface area (Å²) >= 11 is 5.97. The average Bonchev–Trinajstić information content (AvgIpc) is 2.41. The van der Waals surface area contributed by atoms with Crippen LogP contribution in [0.15, 0.2) is 24.3 Å². The molecule has 3 heteroatoms. The van der Waals surface area contributed by atoms with Crippen molar-refractivity contribution >= 4 is 11.6 Å². The van der Waals surface area contributed by atoms with E-state index in [1.807, 2.05) is 12.1 Å². The predicted molar refractivity (Wildman–Crippen MR) is 82.8 cm³/mol. The van der Waals surface area contributed by atoms with Gasteiger partial charge in [-0.25, -0.2) is 0 Å². The molecular weight excluding hydrogens is 258 g/mol. The third kappa shape index (κ3) is 5.52. The molecule has 0 aliphatic carbocycles. The monoisotopic (exact) mass is 283 g/mol. The van der Waals surface area contributed by atoms with Crippen molar-refractivity contribution < 1.29 is 4.74 Å². The minimum Gasteiger partial charge on any atom is -0.377 e. The summed E-state index contributed by atoms with van der Waals surface area (Å²) < 4.78 is 5.93. The molecule has 0 aromatic heterocycles. The number of benzene rings is 1. The Balaban J connectivity index is 2.86. The Hall–Kier alpha value is -0.570. The predicted octanol–water partition coefficient (Wildman–Crippen LogP) is 4.59. The van der Waals surface area contributed by atoms with Crippen molar-refractivity contribution in [3.05, 3.63) is 34.9 Å². The van der Waals surface area contributed by atoms with Crippen LogP contribution in [0, 0.1) is 0 Å². The second kappa shape index (κ2) is 9.35. The largest absolute Gasteiger partial charge is 0.377 e. The van der Waals surface area contributed by atoms with Gasteiger partial charge in [0.2, 0.25) is 0 Å². The molecule has 0 heterocycles. The van der Waals surface area contributed by atoms with E-state index in [0.717, 1.165) is 37.4 Å². The third-order valence-corrected chi connectivity index (χ3v) is 3.42. The molecule has 108 valence electrons. The summed E-state index contributed by atoms with van der Waals surface area (Å²) in [6.45, 7) is 8.19. The molecule has 0 amide bonds. The Labute approximate surface area is 122 Å². The number of hydrogen-bond acceptors (Lipinski definition) is 2. The van der Waals surface area contributed by atoms with Crippen LogP contribution in [0.5, 0.6) is 0 Å². The molecular formula is C16H26ClNO. The second-order valence-corrected chi connectivity index (χ2v) is 5.20. The minimum absolute atomic E-state index is 0.225. The van der Waals surface area contributed by atoms with Crippen LogP contribution in [-0.4, -0.2) is 19.3 Å². The van der Waals surface area contributed by atoms with Crippen molar-refractivity contribution in [1.29, 1.82) is 0 Å². The molecule has 2 unspecified atom stereocenters. The second-order valence-electron chi connectivity index (χ2n) is 4.77. The zero-order valence-electron chi connectivity index (χ0n) is 12.3. The molecule has 1 rings (SSSR count). The maximum Gasteiger partial charge on any atom is 0.0769 e. The summed E-state index contributed by atoms with van der Waals surface area (Å²) in [6, 6.07) is 8.34. The maximum absolute atomic E-state index is 5.97. The molecule has 1 N–H and O–H groups in total. The third-order valence-electron chi connectivity index (χ3n) is 3.17. The summed E-state index contributed by atoms with van der Waals surface area (Å²) in [7, 11) is 0. The lowest BCUT2D eigenvalue weighted by Gasteiger charge is -2.28. The van der Waals surface area contributed by atoms with Crippen molar-refractivity contribution in [2.24, 2.45) is 0 Å². The van der Waals surface area contributed by atoms with E-state index in [4.69, 9.17) is 16.3 Å². The van der Waals surface area contributed by atoms with Gasteiger partial charge in [-0.3, -0.25) is 0 Å². The van der Waals surface area contributed by atoms with Crippen LogP contribution in [0.2, 0.25) is 5.02 Å². The first-order chi connectivity index (χ1) is 9.22. The van der Waals surface area contributed by atoms with E-state index in [0.29, 0.717) is 0 Å². The quantitative estimate of drug-likeness (QED) is 0.716. The molecule has 0 saturated heterocycles. The first kappa shape index (κ1) is 16.5. The molecule has 1 aromatic rings. The maximum atomic E-state index is 5.97. The molecule has 19 heavy (non-hydrogen) atoms. The fourth-order valence-electron chi connectivity index (χ4n) is 2.28. The van der Waals surface area contributed by atoms with Crippen LogP contribution < -0.4 is 5.32 Å². The van der Waals surface area contributed by atoms with E-state index < -0.39 is 0 Å². The fourth-order valence-corrected chi connectivity index (χ4v) is 2.40. The fraction of sp³-hybridized carbons (Fsp3) is 0.625. The van der Waals surface area contributed by atoms with Gasteiger partial charge in [-0.15, -0.1) is 0 Å². The standard InChI is InChI=1S/C16H26ClNO/c1-4-7-15(19-6-3)16(18-12-5-2)13-8-10-14(17)11-9-13/h8-11,15-16,18H,4-7,12H2,1-3H3. The summed E-state index contributed by atoms with van der Waals surface area (Å²) in [5, 5.41) is 4.39. The van der Waals surface area contributed by atoms with Gasteiger partial charge >= 0.3 is 0 Å². The summed E-state index contributed by atoms with van der Waals surface area (Å²) in [6.07, 6.45) is 3.54. The van der Waals surface area contributed by atoms with E-state index >= 15 is 0 Å². The van der Waals surface area contributed by atoms with Crippen molar-refractivity contribution in [2.45, 2.75) is 52.2 Å². The number of hydrogen-bond donors (Lipinski definition) is 1. The van der Waals surface area contributed by atoms with E-state index in [2.05, 4.69) is 38.2 Å². The highest BCUT2D eigenvalue weighted by Gasteiger charge is 2.22. The summed E-state index contributed by atoms with van der Waals surface area (Å²) in [4.78, 5) is 0. The van der Waals surface area contributed by atoms with Crippen molar-refractivity contribution in [3.63, 3.8) is 0 Å². The van der Waals surface area contributed by atoms with Crippen LogP contribution in [-0.2, 0) is 4.74 Å². The average molecular weight is 284 g/mol. The van der Waals surface area contributed by atoms with Gasteiger partial charge in [-0.05, 0) is 44.0 Å². The number of nitrogens with one attached hydrogen (secondary N) is 1. The molecule has 0 aliphatic heterocycles. The Bertz CT molecular complexity index is 333. The van der Waals surface area contributed by atoms with Crippen molar-refractivity contribution in [3.8, 4) is 0 Å². The van der Waals surface area contributed by atoms with Gasteiger partial charge < -0.3 is 10.1 Å². The lowest BCUT2D eigenvalue weighted by molar-refractivity contribution is 0.0276. The molecule has 0 spiro atoms. The van der Waals surface area contributed by atoms with Crippen molar-refractivity contribution in [1.82, 2.24) is 5.32 Å². The van der Waals surface area contributed by atoms with Gasteiger partial charge in [0.05, 0.1) is 12.1 Å². The normalized spacial score (nSPS) is 14.3. The van der Waals surface area contributed by atoms with E-state index in [1.54, 1.807) is 0 Å². The van der Waals surface area contributed by atoms with Crippen LogP contribution >= 0.6 is 11.6 Å². The zero-order chi connectivity index (χ0) is 14.1. The molecule has 0 radical (unpaired) electrons. The van der Waals surface area contributed by atoms with Crippen LogP contribution in [0.1, 0.15) is 51.6 Å². The van der Waals surface area contributed by atoms with Gasteiger partial charge in [0, 0.05) is 11.6 Å². The van der Waals surface area contributed by atoms with Gasteiger partial charge in [-0.1, -0.05) is 44.0 Å². The molecule has 2 nitrogen and oxygen atoms in total. The van der Waals surface area contributed by atoms with Crippen molar-refractivity contribution in [2.75, 3.05) is 13.2 Å². The molecule has 0 aliphatic rings. The van der Waals surface area contributed by atoms with Crippen LogP contribution in [0.25, 0.3) is 0 Å². The molecule has 0 fully saturated rings. The Morgan fingerprint density at radius 2 is 1.79 bits per heavy atom. The van der Waals surface area contributed by atoms with Gasteiger partial charge in [0.15, 0.2) is 0 Å². The lowest BCUT2D eigenvalue weighted by atomic mass is 9.98. The highest BCUT2D eigenvalue weighted by atomic mass is 35.5. The molecule has 0 saturated carbocycles. The van der Waals surface area contributed by atoms with Gasteiger partial charge in [0.1, 0.15) is 0 Å². The number of rotatable bonds is 9. The highest BCUT2D eigenvalue weighted by molar-refractivity contribution is 6.30. The first-order valence-corrected chi connectivity index (χ1v) is 7.71. The van der Waals surface area contributed by atoms with E-state index in [9.17, 15) is 0 Å². The Kier molecular flexibility index (Phi) is 8.11. The molecule has 2 atom stereocenters. The highest BCUT2D eigenvalue weighted by Crippen LogP contribution is 2.24. The summed E-state index contributed by atoms with van der Waals surface area (Å²) in [5.74, 6) is 0. The van der Waals surface area contributed by atoms with Gasteiger partial charge in [-0.2, -0.15) is 0 Å². The number of halogens is 1. The Morgan fingerprint density at radius 1 is 1.11 bits per heavy atom. The smallest absolute Gasteiger partial charge is 0.0769 e. The van der Waals surface area contributed by atoms with E-state index in [-0.39, 0.29) is 12.1 Å². The van der Waals surface area contributed by atoms with Crippen LogP contribution in [0.4, 0.5) is 0 Å².